The first-order valence-electron chi connectivity index (χ1n) is 6.82. The van der Waals surface area contributed by atoms with Gasteiger partial charge in [0, 0.05) is 19.6 Å². The van der Waals surface area contributed by atoms with Crippen LogP contribution in [0.4, 0.5) is 11.6 Å². The molecule has 2 heterocycles. The fourth-order valence-corrected chi connectivity index (χ4v) is 2.29. The monoisotopic (exact) mass is 297 g/mol. The minimum Gasteiger partial charge on any atom is -0.479 e. The Labute approximate surface area is 124 Å². The van der Waals surface area contributed by atoms with Crippen molar-refractivity contribution in [1.29, 1.82) is 0 Å². The number of ether oxygens (including phenoxy) is 3. The lowest BCUT2D eigenvalue weighted by Gasteiger charge is -2.34. The van der Waals surface area contributed by atoms with Crippen molar-refractivity contribution in [2.75, 3.05) is 65.2 Å². The number of likely N-dealkylation sites (N-methyl/N-ethyl adjacent to an activating group) is 1. The van der Waals surface area contributed by atoms with Gasteiger partial charge in [-0.2, -0.15) is 9.97 Å². The summed E-state index contributed by atoms with van der Waals surface area (Å²) in [5.74, 6) is 1.20. The number of aromatic nitrogens is 2. The van der Waals surface area contributed by atoms with Gasteiger partial charge in [-0.25, -0.2) is 0 Å². The Morgan fingerprint density at radius 3 is 2.43 bits per heavy atom. The summed E-state index contributed by atoms with van der Waals surface area (Å²) in [6, 6.07) is 0. The molecule has 118 valence electrons. The molecule has 1 fully saturated rings. The molecule has 0 spiro atoms. The molecule has 1 atom stereocenters. The van der Waals surface area contributed by atoms with Crippen LogP contribution < -0.4 is 20.1 Å². The molecular weight excluding hydrogens is 274 g/mol. The fraction of sp³-hybridized carbons (Fsp3) is 0.692. The second kappa shape index (κ2) is 6.77. The van der Waals surface area contributed by atoms with Crippen molar-refractivity contribution in [2.45, 2.75) is 6.10 Å². The van der Waals surface area contributed by atoms with Gasteiger partial charge in [-0.1, -0.05) is 0 Å². The molecule has 0 saturated carbocycles. The van der Waals surface area contributed by atoms with Gasteiger partial charge in [-0.3, -0.25) is 0 Å². The Bertz CT molecular complexity index is 458. The average Bonchev–Trinajstić information content (AvgIpc) is 2.47. The Kier molecular flexibility index (Phi) is 5.03. The van der Waals surface area contributed by atoms with Crippen LogP contribution in [-0.4, -0.2) is 75.5 Å². The molecule has 8 heteroatoms. The van der Waals surface area contributed by atoms with Gasteiger partial charge in [0.05, 0.1) is 26.9 Å². The summed E-state index contributed by atoms with van der Waals surface area (Å²) >= 11 is 0. The summed E-state index contributed by atoms with van der Waals surface area (Å²) in [5.41, 5.74) is 6.18. The number of nitrogen functional groups attached to an aromatic ring is 1. The van der Waals surface area contributed by atoms with Gasteiger partial charge < -0.3 is 29.7 Å². The van der Waals surface area contributed by atoms with Crippen LogP contribution in [0.2, 0.25) is 0 Å². The lowest BCUT2D eigenvalue weighted by molar-refractivity contribution is 0.0242. The van der Waals surface area contributed by atoms with Crippen LogP contribution >= 0.6 is 0 Å². The number of rotatable bonds is 5. The van der Waals surface area contributed by atoms with Gasteiger partial charge in [0.25, 0.3) is 0 Å². The lowest BCUT2D eigenvalue weighted by atomic mass is 10.2. The second-order valence-corrected chi connectivity index (χ2v) is 5.16. The van der Waals surface area contributed by atoms with E-state index in [1.807, 2.05) is 14.1 Å². The van der Waals surface area contributed by atoms with Crippen molar-refractivity contribution in [3.05, 3.63) is 0 Å². The van der Waals surface area contributed by atoms with Crippen LogP contribution in [-0.2, 0) is 4.74 Å². The van der Waals surface area contributed by atoms with Gasteiger partial charge in [-0.15, -0.1) is 0 Å². The third-order valence-electron chi connectivity index (χ3n) is 3.24. The van der Waals surface area contributed by atoms with Crippen molar-refractivity contribution in [3.8, 4) is 11.8 Å². The van der Waals surface area contributed by atoms with Gasteiger partial charge in [0.15, 0.2) is 5.69 Å². The molecule has 1 aliphatic rings. The molecule has 2 rings (SSSR count). The minimum atomic E-state index is 0.117. The molecule has 2 N–H and O–H groups in total. The summed E-state index contributed by atoms with van der Waals surface area (Å²) in [7, 11) is 7.09. The van der Waals surface area contributed by atoms with E-state index in [9.17, 15) is 0 Å². The topological polar surface area (TPSA) is 86.0 Å². The van der Waals surface area contributed by atoms with Crippen molar-refractivity contribution < 1.29 is 14.2 Å². The van der Waals surface area contributed by atoms with Gasteiger partial charge in [0.2, 0.25) is 17.7 Å². The normalized spacial score (nSPS) is 18.9. The van der Waals surface area contributed by atoms with E-state index in [2.05, 4.69) is 19.8 Å². The van der Waals surface area contributed by atoms with E-state index in [1.54, 1.807) is 0 Å². The van der Waals surface area contributed by atoms with Crippen LogP contribution in [0, 0.1) is 0 Å². The van der Waals surface area contributed by atoms with Crippen LogP contribution in [0.5, 0.6) is 11.8 Å². The van der Waals surface area contributed by atoms with E-state index in [-0.39, 0.29) is 6.10 Å². The van der Waals surface area contributed by atoms with Gasteiger partial charge in [0.1, 0.15) is 0 Å². The number of morpholine rings is 1. The fourth-order valence-electron chi connectivity index (χ4n) is 2.29. The summed E-state index contributed by atoms with van der Waals surface area (Å²) in [5, 5.41) is 0. The van der Waals surface area contributed by atoms with Gasteiger partial charge in [-0.05, 0) is 14.1 Å². The summed E-state index contributed by atoms with van der Waals surface area (Å²) in [6.07, 6.45) is 0.117. The number of hydrogen-bond acceptors (Lipinski definition) is 8. The maximum Gasteiger partial charge on any atom is 0.245 e. The molecular formula is C13H23N5O3. The molecule has 0 bridgehead atoms. The largest absolute Gasteiger partial charge is 0.479 e. The van der Waals surface area contributed by atoms with Crippen molar-refractivity contribution in [3.63, 3.8) is 0 Å². The number of nitrogens with two attached hydrogens (primary N) is 1. The molecule has 1 saturated heterocycles. The summed E-state index contributed by atoms with van der Waals surface area (Å²) in [6.45, 7) is 2.92. The van der Waals surface area contributed by atoms with E-state index in [4.69, 9.17) is 19.9 Å². The first-order valence-corrected chi connectivity index (χ1v) is 6.82. The molecule has 8 nitrogen and oxygen atoms in total. The molecule has 1 unspecified atom stereocenters. The average molecular weight is 297 g/mol. The SMILES string of the molecule is COc1nc(N2CCOC(CN(C)C)C2)nc(OC)c1N. The Hall–Kier alpha value is -1.80. The van der Waals surface area contributed by atoms with Crippen molar-refractivity contribution in [1.82, 2.24) is 14.9 Å². The minimum absolute atomic E-state index is 0.117. The Morgan fingerprint density at radius 2 is 1.90 bits per heavy atom. The number of anilines is 2. The van der Waals surface area contributed by atoms with Gasteiger partial charge >= 0.3 is 0 Å². The van der Waals surface area contributed by atoms with Crippen LogP contribution in [0.1, 0.15) is 0 Å². The lowest BCUT2D eigenvalue weighted by Crippen LogP contribution is -2.47. The third kappa shape index (κ3) is 3.64. The van der Waals surface area contributed by atoms with E-state index in [0.717, 1.165) is 13.1 Å². The first-order chi connectivity index (χ1) is 10.0. The molecule has 0 radical (unpaired) electrons. The molecule has 1 aromatic rings. The predicted molar refractivity (Wildman–Crippen MR) is 80.1 cm³/mol. The first kappa shape index (κ1) is 15.6. The number of hydrogen-bond donors (Lipinski definition) is 1. The van der Waals surface area contributed by atoms with Crippen molar-refractivity contribution in [2.24, 2.45) is 0 Å². The number of methoxy groups -OCH3 is 2. The maximum atomic E-state index is 5.87. The molecule has 0 aliphatic carbocycles. The van der Waals surface area contributed by atoms with Crippen LogP contribution in [0.25, 0.3) is 0 Å². The highest BCUT2D eigenvalue weighted by molar-refractivity contribution is 5.59. The van der Waals surface area contributed by atoms with Crippen LogP contribution in [0.15, 0.2) is 0 Å². The highest BCUT2D eigenvalue weighted by Gasteiger charge is 2.25. The zero-order valence-electron chi connectivity index (χ0n) is 13.0. The Morgan fingerprint density at radius 1 is 1.29 bits per heavy atom. The molecule has 21 heavy (non-hydrogen) atoms. The quantitative estimate of drug-likeness (QED) is 0.802. The highest BCUT2D eigenvalue weighted by atomic mass is 16.5. The van der Waals surface area contributed by atoms with Crippen LogP contribution in [0.3, 0.4) is 0 Å². The van der Waals surface area contributed by atoms with E-state index < -0.39 is 0 Å². The zero-order valence-corrected chi connectivity index (χ0v) is 13.0. The van der Waals surface area contributed by atoms with E-state index in [0.29, 0.717) is 36.5 Å². The zero-order chi connectivity index (χ0) is 15.4. The maximum absolute atomic E-state index is 5.87. The van der Waals surface area contributed by atoms with E-state index >= 15 is 0 Å². The summed E-state index contributed by atoms with van der Waals surface area (Å²) in [4.78, 5) is 12.9. The second-order valence-electron chi connectivity index (χ2n) is 5.16. The Balaban J connectivity index is 2.20. The molecule has 1 aromatic heterocycles. The van der Waals surface area contributed by atoms with E-state index in [1.165, 1.54) is 14.2 Å². The molecule has 0 aromatic carbocycles. The number of nitrogens with zero attached hydrogens (tertiary/aromatic N) is 4. The predicted octanol–water partition coefficient (Wildman–Crippen LogP) is -0.157. The van der Waals surface area contributed by atoms with Crippen molar-refractivity contribution >= 4 is 11.6 Å². The smallest absolute Gasteiger partial charge is 0.245 e. The third-order valence-corrected chi connectivity index (χ3v) is 3.24. The highest BCUT2D eigenvalue weighted by Crippen LogP contribution is 2.30. The summed E-state index contributed by atoms with van der Waals surface area (Å²) < 4.78 is 16.1. The molecule has 0 amide bonds. The standard InChI is InChI=1S/C13H23N5O3/c1-17(2)7-9-8-18(5-6-21-9)13-15-11(19-3)10(14)12(16-13)20-4/h9H,5-8,14H2,1-4H3. The molecule has 1 aliphatic heterocycles.